The molecule has 10 heavy (non-hydrogen) atoms. The number of hydrogen-bond acceptors (Lipinski definition) is 0. The summed E-state index contributed by atoms with van der Waals surface area (Å²) in [6.07, 6.45) is 9.00. The average molecular weight is 230 g/mol. The minimum absolute atomic E-state index is 0. The van der Waals surface area contributed by atoms with Crippen LogP contribution < -0.4 is 0 Å². The lowest BCUT2D eigenvalue weighted by Crippen LogP contribution is -1.85. The molecule has 0 aliphatic heterocycles. The second kappa shape index (κ2) is 16.6. The molecule has 1 rings (SSSR count). The van der Waals surface area contributed by atoms with E-state index in [1.807, 2.05) is 0 Å². The number of hydrogen-bond donors (Lipinski definition) is 0. The van der Waals surface area contributed by atoms with Gasteiger partial charge in [0.15, 0.2) is 0 Å². The van der Waals surface area contributed by atoms with Crippen molar-refractivity contribution >= 4 is 49.6 Å². The second-order valence-corrected chi connectivity index (χ2v) is 2.12. The molecule has 0 aromatic rings. The van der Waals surface area contributed by atoms with Crippen molar-refractivity contribution in [2.45, 2.75) is 38.5 Å². The molecule has 1 aliphatic rings. The third-order valence-corrected chi connectivity index (χ3v) is 1.50. The molecule has 0 bridgehead atoms. The van der Waals surface area contributed by atoms with Crippen LogP contribution in [0.2, 0.25) is 0 Å². The standard InChI is InChI=1S/C6H12.4ClH/c1-2-4-6-5-3-1;;;;/h1-6H2;4*1H. The van der Waals surface area contributed by atoms with Crippen LogP contribution in [0, 0.1) is 0 Å². The Kier molecular flexibility index (Phi) is 37.4. The second-order valence-electron chi connectivity index (χ2n) is 2.12. The topological polar surface area (TPSA) is 0 Å². The molecule has 1 fully saturated rings. The summed E-state index contributed by atoms with van der Waals surface area (Å²) in [7, 11) is 0. The molecule has 0 saturated heterocycles. The normalized spacial score (nSPS) is 14.4. The van der Waals surface area contributed by atoms with Gasteiger partial charge >= 0.3 is 0 Å². The zero-order valence-electron chi connectivity index (χ0n) is 5.88. The van der Waals surface area contributed by atoms with Crippen LogP contribution in [0.3, 0.4) is 0 Å². The molecule has 0 aromatic heterocycles. The molecule has 0 nitrogen and oxygen atoms in total. The molecule has 0 unspecified atom stereocenters. The number of rotatable bonds is 0. The predicted molar refractivity (Wildman–Crippen MR) is 56.7 cm³/mol. The quantitative estimate of drug-likeness (QED) is 0.589. The highest BCUT2D eigenvalue weighted by Gasteiger charge is 1.95. The molecule has 68 valence electrons. The van der Waals surface area contributed by atoms with Crippen LogP contribution >= 0.6 is 49.6 Å². The minimum atomic E-state index is 0. The van der Waals surface area contributed by atoms with Crippen LogP contribution in [0.15, 0.2) is 0 Å². The van der Waals surface area contributed by atoms with Crippen molar-refractivity contribution in [1.82, 2.24) is 0 Å². The molecule has 0 radical (unpaired) electrons. The molecule has 0 heterocycles. The molecule has 0 N–H and O–H groups in total. The molecular formula is C6H16Cl4. The maximum Gasteiger partial charge on any atom is -0.0533 e. The van der Waals surface area contributed by atoms with Gasteiger partial charge in [-0.05, 0) is 0 Å². The van der Waals surface area contributed by atoms with Crippen molar-refractivity contribution in [2.75, 3.05) is 0 Å². The lowest BCUT2D eigenvalue weighted by atomic mass is 10.0. The van der Waals surface area contributed by atoms with E-state index in [2.05, 4.69) is 0 Å². The molecule has 0 aromatic carbocycles. The minimum Gasteiger partial charge on any atom is -0.147 e. The molecule has 4 heteroatoms. The summed E-state index contributed by atoms with van der Waals surface area (Å²) >= 11 is 0. The van der Waals surface area contributed by atoms with Crippen LogP contribution in [-0.4, -0.2) is 0 Å². The fourth-order valence-electron chi connectivity index (χ4n) is 1.06. The van der Waals surface area contributed by atoms with Gasteiger partial charge in [-0.3, -0.25) is 0 Å². The summed E-state index contributed by atoms with van der Waals surface area (Å²) in [6.45, 7) is 0. The van der Waals surface area contributed by atoms with Crippen LogP contribution in [0.5, 0.6) is 0 Å². The van der Waals surface area contributed by atoms with E-state index in [-0.39, 0.29) is 49.6 Å². The summed E-state index contributed by atoms with van der Waals surface area (Å²) in [6, 6.07) is 0. The molecule has 0 atom stereocenters. The lowest BCUT2D eigenvalue weighted by Gasteiger charge is -2.05. The van der Waals surface area contributed by atoms with E-state index in [9.17, 15) is 0 Å². The van der Waals surface area contributed by atoms with Gasteiger partial charge in [0, 0.05) is 0 Å². The van der Waals surface area contributed by atoms with E-state index in [1.54, 1.807) is 0 Å². The van der Waals surface area contributed by atoms with Gasteiger partial charge in [0.2, 0.25) is 0 Å². The monoisotopic (exact) mass is 228 g/mol. The van der Waals surface area contributed by atoms with Gasteiger partial charge in [-0.25, -0.2) is 0 Å². The zero-order chi connectivity index (χ0) is 4.24. The first-order chi connectivity index (χ1) is 3.00. The molecule has 0 amide bonds. The van der Waals surface area contributed by atoms with E-state index in [1.165, 1.54) is 38.5 Å². The van der Waals surface area contributed by atoms with Gasteiger partial charge in [-0.2, -0.15) is 0 Å². The Bertz CT molecular complexity index is 25.2. The first kappa shape index (κ1) is 22.5. The van der Waals surface area contributed by atoms with Gasteiger partial charge in [-0.1, -0.05) is 38.5 Å². The summed E-state index contributed by atoms with van der Waals surface area (Å²) in [5.41, 5.74) is 0. The largest absolute Gasteiger partial charge is 0.147 e. The lowest BCUT2D eigenvalue weighted by molar-refractivity contribution is 0.504. The van der Waals surface area contributed by atoms with E-state index in [0.717, 1.165) is 0 Å². The zero-order valence-corrected chi connectivity index (χ0v) is 9.14. The Morgan fingerprint density at radius 3 is 0.500 bits per heavy atom. The van der Waals surface area contributed by atoms with Gasteiger partial charge in [0.05, 0.1) is 0 Å². The highest BCUT2D eigenvalue weighted by atomic mass is 35.5. The summed E-state index contributed by atoms with van der Waals surface area (Å²) < 4.78 is 0. The van der Waals surface area contributed by atoms with Crippen LogP contribution in [0.1, 0.15) is 38.5 Å². The average Bonchev–Trinajstić information content (AvgIpc) is 1.72. The van der Waals surface area contributed by atoms with E-state index >= 15 is 0 Å². The van der Waals surface area contributed by atoms with Gasteiger partial charge in [-0.15, -0.1) is 49.6 Å². The Labute approximate surface area is 88.2 Å². The Morgan fingerprint density at radius 2 is 0.400 bits per heavy atom. The van der Waals surface area contributed by atoms with Gasteiger partial charge in [0.1, 0.15) is 0 Å². The van der Waals surface area contributed by atoms with E-state index in [4.69, 9.17) is 0 Å². The molecule has 0 spiro atoms. The van der Waals surface area contributed by atoms with Gasteiger partial charge < -0.3 is 0 Å². The van der Waals surface area contributed by atoms with E-state index in [0.29, 0.717) is 0 Å². The Balaban J connectivity index is -0.0000000450. The van der Waals surface area contributed by atoms with E-state index < -0.39 is 0 Å². The third kappa shape index (κ3) is 11.9. The van der Waals surface area contributed by atoms with Crippen molar-refractivity contribution in [2.24, 2.45) is 0 Å². The van der Waals surface area contributed by atoms with Crippen molar-refractivity contribution in [3.05, 3.63) is 0 Å². The predicted octanol–water partition coefficient (Wildman–Crippen LogP) is 4.03. The van der Waals surface area contributed by atoms with Crippen molar-refractivity contribution in [3.63, 3.8) is 0 Å². The number of halogens is 4. The highest BCUT2D eigenvalue weighted by molar-refractivity contribution is 5.86. The van der Waals surface area contributed by atoms with Crippen molar-refractivity contribution in [1.29, 1.82) is 0 Å². The smallest absolute Gasteiger partial charge is 0.0533 e. The Hall–Kier alpha value is 1.16. The fourth-order valence-corrected chi connectivity index (χ4v) is 1.06. The van der Waals surface area contributed by atoms with Crippen LogP contribution in [0.4, 0.5) is 0 Å². The summed E-state index contributed by atoms with van der Waals surface area (Å²) in [4.78, 5) is 0. The first-order valence-electron chi connectivity index (χ1n) is 3.00. The van der Waals surface area contributed by atoms with Crippen molar-refractivity contribution in [3.8, 4) is 0 Å². The molecule has 1 aliphatic carbocycles. The summed E-state index contributed by atoms with van der Waals surface area (Å²) in [5.74, 6) is 0. The molecular weight excluding hydrogens is 214 g/mol. The van der Waals surface area contributed by atoms with Crippen LogP contribution in [-0.2, 0) is 0 Å². The maximum absolute atomic E-state index is 1.50. The fraction of sp³-hybridized carbons (Fsp3) is 1.00. The SMILES string of the molecule is C1CCCCC1.Cl.Cl.Cl.Cl. The van der Waals surface area contributed by atoms with Crippen LogP contribution in [0.25, 0.3) is 0 Å². The highest BCUT2D eigenvalue weighted by Crippen LogP contribution is 2.15. The maximum atomic E-state index is 1.50. The summed E-state index contributed by atoms with van der Waals surface area (Å²) in [5, 5.41) is 0. The third-order valence-electron chi connectivity index (χ3n) is 1.50. The first-order valence-corrected chi connectivity index (χ1v) is 3.00. The van der Waals surface area contributed by atoms with Crippen molar-refractivity contribution < 1.29 is 0 Å². The Morgan fingerprint density at radius 1 is 0.300 bits per heavy atom. The van der Waals surface area contributed by atoms with Gasteiger partial charge in [0.25, 0.3) is 0 Å². The molecule has 1 saturated carbocycles.